The molecule has 1 saturated carbocycles. The van der Waals surface area contributed by atoms with E-state index in [-0.39, 0.29) is 0 Å². The van der Waals surface area contributed by atoms with Crippen LogP contribution in [-0.4, -0.2) is 33.6 Å². The van der Waals surface area contributed by atoms with E-state index in [9.17, 15) is 0 Å². The molecular weight excluding hydrogens is 232 g/mol. The molecular formula is C12H22N4S. The van der Waals surface area contributed by atoms with E-state index >= 15 is 0 Å². The maximum Gasteiger partial charge on any atom is 0.190 e. The van der Waals surface area contributed by atoms with Crippen molar-refractivity contribution >= 4 is 11.8 Å². The van der Waals surface area contributed by atoms with Crippen LogP contribution in [0.1, 0.15) is 32.1 Å². The summed E-state index contributed by atoms with van der Waals surface area (Å²) in [5, 5.41) is 12.5. The first-order valence-corrected chi connectivity index (χ1v) is 7.52. The smallest absolute Gasteiger partial charge is 0.190 e. The van der Waals surface area contributed by atoms with Crippen LogP contribution in [0.3, 0.4) is 0 Å². The minimum absolute atomic E-state index is 0.920. The van der Waals surface area contributed by atoms with Crippen LogP contribution >= 0.6 is 11.8 Å². The molecule has 0 aromatic carbocycles. The van der Waals surface area contributed by atoms with Crippen molar-refractivity contribution in [3.05, 3.63) is 6.33 Å². The van der Waals surface area contributed by atoms with Gasteiger partial charge in [-0.3, -0.25) is 0 Å². The molecule has 5 heteroatoms. The van der Waals surface area contributed by atoms with Crippen LogP contribution in [0.25, 0.3) is 0 Å². The molecule has 0 saturated heterocycles. The van der Waals surface area contributed by atoms with Crippen molar-refractivity contribution in [3.63, 3.8) is 0 Å². The van der Waals surface area contributed by atoms with Gasteiger partial charge in [0.1, 0.15) is 6.33 Å². The second-order valence-corrected chi connectivity index (χ2v) is 5.84. The minimum atomic E-state index is 0.920. The van der Waals surface area contributed by atoms with Crippen LogP contribution in [0, 0.1) is 5.92 Å². The first-order chi connectivity index (χ1) is 8.36. The molecule has 1 aromatic heterocycles. The highest BCUT2D eigenvalue weighted by Gasteiger charge is 2.12. The van der Waals surface area contributed by atoms with E-state index in [4.69, 9.17) is 0 Å². The Morgan fingerprint density at radius 2 is 2.24 bits per heavy atom. The molecule has 0 amide bonds. The lowest BCUT2D eigenvalue weighted by molar-refractivity contribution is 0.345. The first kappa shape index (κ1) is 12.9. The minimum Gasteiger partial charge on any atom is -0.316 e. The lowest BCUT2D eigenvalue weighted by atomic mass is 9.89. The van der Waals surface area contributed by atoms with Crippen LogP contribution in [0.4, 0.5) is 0 Å². The lowest BCUT2D eigenvalue weighted by Gasteiger charge is -2.21. The fourth-order valence-corrected chi connectivity index (χ4v) is 3.10. The van der Waals surface area contributed by atoms with E-state index in [1.807, 2.05) is 11.6 Å². The Balaban J connectivity index is 1.53. The van der Waals surface area contributed by atoms with Gasteiger partial charge in [0.15, 0.2) is 5.16 Å². The Bertz CT molecular complexity index is 320. The van der Waals surface area contributed by atoms with Gasteiger partial charge in [-0.1, -0.05) is 31.0 Å². The molecule has 1 fully saturated rings. The fourth-order valence-electron chi connectivity index (χ4n) is 2.32. The number of aromatic nitrogens is 3. The normalized spacial score (nSPS) is 17.5. The van der Waals surface area contributed by atoms with Crippen molar-refractivity contribution in [2.75, 3.05) is 18.8 Å². The summed E-state index contributed by atoms with van der Waals surface area (Å²) >= 11 is 1.77. The number of rotatable bonds is 6. The molecule has 1 aromatic rings. The summed E-state index contributed by atoms with van der Waals surface area (Å²) < 4.78 is 1.96. The van der Waals surface area contributed by atoms with Gasteiger partial charge in [-0.15, -0.1) is 10.2 Å². The molecule has 1 aliphatic carbocycles. The van der Waals surface area contributed by atoms with E-state index < -0.39 is 0 Å². The number of nitrogens with one attached hydrogen (secondary N) is 1. The summed E-state index contributed by atoms with van der Waals surface area (Å²) in [7, 11) is 1.98. The van der Waals surface area contributed by atoms with E-state index in [1.54, 1.807) is 18.1 Å². The molecule has 96 valence electrons. The highest BCUT2D eigenvalue weighted by molar-refractivity contribution is 7.99. The topological polar surface area (TPSA) is 42.7 Å². The second-order valence-electron chi connectivity index (χ2n) is 4.78. The van der Waals surface area contributed by atoms with E-state index in [0.29, 0.717) is 0 Å². The van der Waals surface area contributed by atoms with Gasteiger partial charge in [0.2, 0.25) is 0 Å². The van der Waals surface area contributed by atoms with Gasteiger partial charge in [0.25, 0.3) is 0 Å². The zero-order chi connectivity index (χ0) is 11.9. The largest absolute Gasteiger partial charge is 0.316 e. The van der Waals surface area contributed by atoms with Crippen molar-refractivity contribution in [1.29, 1.82) is 0 Å². The molecule has 0 unspecified atom stereocenters. The first-order valence-electron chi connectivity index (χ1n) is 6.54. The van der Waals surface area contributed by atoms with E-state index in [2.05, 4.69) is 15.5 Å². The fraction of sp³-hybridized carbons (Fsp3) is 0.833. The average molecular weight is 254 g/mol. The van der Waals surface area contributed by atoms with Gasteiger partial charge < -0.3 is 9.88 Å². The standard InChI is InChI=1S/C12H22N4S/c1-16-10-14-15-12(16)17-8-7-13-9-11-5-3-2-4-6-11/h10-11,13H,2-9H2,1H3. The summed E-state index contributed by atoms with van der Waals surface area (Å²) in [6.45, 7) is 2.26. The van der Waals surface area contributed by atoms with Crippen LogP contribution in [0.2, 0.25) is 0 Å². The van der Waals surface area contributed by atoms with Crippen LogP contribution in [0.15, 0.2) is 11.5 Å². The predicted octanol–water partition coefficient (Wildman–Crippen LogP) is 2.08. The molecule has 0 bridgehead atoms. The average Bonchev–Trinajstić information content (AvgIpc) is 2.76. The maximum absolute atomic E-state index is 4.05. The quantitative estimate of drug-likeness (QED) is 0.623. The predicted molar refractivity (Wildman–Crippen MR) is 71.2 cm³/mol. The Kier molecular flexibility index (Phi) is 5.32. The van der Waals surface area contributed by atoms with E-state index in [1.165, 1.54) is 38.6 Å². The van der Waals surface area contributed by atoms with Crippen LogP contribution < -0.4 is 5.32 Å². The zero-order valence-corrected chi connectivity index (χ0v) is 11.4. The molecule has 0 spiro atoms. The molecule has 17 heavy (non-hydrogen) atoms. The summed E-state index contributed by atoms with van der Waals surface area (Å²) in [6, 6.07) is 0. The molecule has 4 nitrogen and oxygen atoms in total. The molecule has 0 atom stereocenters. The van der Waals surface area contributed by atoms with Gasteiger partial charge in [-0.05, 0) is 25.3 Å². The number of thioether (sulfide) groups is 1. The highest BCUT2D eigenvalue weighted by atomic mass is 32.2. The Labute approximate surface area is 108 Å². The van der Waals surface area contributed by atoms with Crippen molar-refractivity contribution in [2.24, 2.45) is 13.0 Å². The molecule has 1 aliphatic rings. The Hall–Kier alpha value is -0.550. The molecule has 2 rings (SSSR count). The maximum atomic E-state index is 4.05. The highest BCUT2D eigenvalue weighted by Crippen LogP contribution is 2.22. The third-order valence-corrected chi connectivity index (χ3v) is 4.37. The molecule has 0 radical (unpaired) electrons. The molecule has 1 N–H and O–H groups in total. The molecule has 0 aliphatic heterocycles. The van der Waals surface area contributed by atoms with E-state index in [0.717, 1.165) is 23.4 Å². The number of hydrogen-bond acceptors (Lipinski definition) is 4. The Morgan fingerprint density at radius 3 is 2.94 bits per heavy atom. The van der Waals surface area contributed by atoms with Gasteiger partial charge in [0.05, 0.1) is 0 Å². The van der Waals surface area contributed by atoms with Crippen LogP contribution in [-0.2, 0) is 7.05 Å². The SMILES string of the molecule is Cn1cnnc1SCCNCC1CCCCC1. The summed E-state index contributed by atoms with van der Waals surface area (Å²) in [6.07, 6.45) is 8.89. The monoisotopic (exact) mass is 254 g/mol. The third-order valence-electron chi connectivity index (χ3n) is 3.34. The lowest BCUT2D eigenvalue weighted by Crippen LogP contribution is -2.26. The summed E-state index contributed by atoms with van der Waals surface area (Å²) in [5.41, 5.74) is 0. The Morgan fingerprint density at radius 1 is 1.41 bits per heavy atom. The number of aryl methyl sites for hydroxylation is 1. The summed E-state index contributed by atoms with van der Waals surface area (Å²) in [4.78, 5) is 0. The van der Waals surface area contributed by atoms with Gasteiger partial charge in [-0.25, -0.2) is 0 Å². The number of nitrogens with zero attached hydrogens (tertiary/aromatic N) is 3. The zero-order valence-electron chi connectivity index (χ0n) is 10.6. The summed E-state index contributed by atoms with van der Waals surface area (Å²) in [5.74, 6) is 1.99. The van der Waals surface area contributed by atoms with Crippen molar-refractivity contribution in [2.45, 2.75) is 37.3 Å². The van der Waals surface area contributed by atoms with Crippen LogP contribution in [0.5, 0.6) is 0 Å². The number of hydrogen-bond donors (Lipinski definition) is 1. The molecule has 1 heterocycles. The van der Waals surface area contributed by atoms with Gasteiger partial charge in [0, 0.05) is 19.3 Å². The van der Waals surface area contributed by atoms with Crippen molar-refractivity contribution < 1.29 is 0 Å². The second kappa shape index (κ2) is 7.01. The van der Waals surface area contributed by atoms with Gasteiger partial charge in [-0.2, -0.15) is 0 Å². The van der Waals surface area contributed by atoms with Gasteiger partial charge >= 0.3 is 0 Å². The third kappa shape index (κ3) is 4.32. The van der Waals surface area contributed by atoms with Crippen molar-refractivity contribution in [1.82, 2.24) is 20.1 Å². The van der Waals surface area contributed by atoms with Crippen molar-refractivity contribution in [3.8, 4) is 0 Å².